The van der Waals surface area contributed by atoms with Crippen LogP contribution in [0.1, 0.15) is 11.1 Å². The van der Waals surface area contributed by atoms with Gasteiger partial charge in [-0.3, -0.25) is 4.79 Å². The molecule has 0 spiro atoms. The molecule has 0 saturated heterocycles. The van der Waals surface area contributed by atoms with Crippen LogP contribution in [0.15, 0.2) is 48.5 Å². The summed E-state index contributed by atoms with van der Waals surface area (Å²) in [4.78, 5) is 12.6. The van der Waals surface area contributed by atoms with Crippen LogP contribution in [0, 0.1) is 17.1 Å². The number of benzene rings is 2. The topological polar surface area (TPSA) is 64.3 Å². The zero-order valence-electron chi connectivity index (χ0n) is 11.2. The van der Waals surface area contributed by atoms with E-state index in [1.54, 1.807) is 29.2 Å². The van der Waals surface area contributed by atoms with Crippen LogP contribution in [0.2, 0.25) is 0 Å². The minimum absolute atomic E-state index is 0.150. The lowest BCUT2D eigenvalue weighted by molar-refractivity contribution is -0.135. The average molecular weight is 284 g/mol. The molecule has 2 aromatic carbocycles. The van der Waals surface area contributed by atoms with Crippen LogP contribution in [0.4, 0.5) is 10.1 Å². The van der Waals surface area contributed by atoms with Gasteiger partial charge >= 0.3 is 5.97 Å². The number of carbonyl (C=O) groups is 1. The van der Waals surface area contributed by atoms with E-state index in [1.807, 2.05) is 12.1 Å². The van der Waals surface area contributed by atoms with E-state index in [4.69, 9.17) is 10.4 Å². The van der Waals surface area contributed by atoms with Gasteiger partial charge in [-0.2, -0.15) is 5.26 Å². The van der Waals surface area contributed by atoms with Crippen LogP contribution >= 0.6 is 0 Å². The molecule has 0 radical (unpaired) electrons. The number of hydrogen-bond acceptors (Lipinski definition) is 3. The predicted octanol–water partition coefficient (Wildman–Crippen LogP) is 2.79. The van der Waals surface area contributed by atoms with Gasteiger partial charge in [0.1, 0.15) is 12.4 Å². The molecule has 0 aliphatic heterocycles. The minimum Gasteiger partial charge on any atom is -0.480 e. The van der Waals surface area contributed by atoms with Crippen molar-refractivity contribution in [1.82, 2.24) is 0 Å². The first-order chi connectivity index (χ1) is 10.1. The summed E-state index contributed by atoms with van der Waals surface area (Å²) in [6.07, 6.45) is 0. The lowest BCUT2D eigenvalue weighted by Crippen LogP contribution is -2.29. The summed E-state index contributed by atoms with van der Waals surface area (Å²) in [7, 11) is 0. The molecular weight excluding hydrogens is 271 g/mol. The van der Waals surface area contributed by atoms with Gasteiger partial charge < -0.3 is 10.0 Å². The van der Waals surface area contributed by atoms with Crippen molar-refractivity contribution < 1.29 is 14.3 Å². The summed E-state index contributed by atoms with van der Waals surface area (Å²) < 4.78 is 13.4. The first kappa shape index (κ1) is 14.5. The second-order valence-corrected chi connectivity index (χ2v) is 4.50. The lowest BCUT2D eigenvalue weighted by atomic mass is 10.1. The maximum atomic E-state index is 13.4. The molecule has 106 valence electrons. The zero-order valence-corrected chi connectivity index (χ0v) is 11.2. The Morgan fingerprint density at radius 3 is 2.57 bits per heavy atom. The van der Waals surface area contributed by atoms with E-state index in [1.165, 1.54) is 18.2 Å². The van der Waals surface area contributed by atoms with E-state index in [2.05, 4.69) is 0 Å². The van der Waals surface area contributed by atoms with Gasteiger partial charge in [-0.1, -0.05) is 18.2 Å². The van der Waals surface area contributed by atoms with Crippen LogP contribution < -0.4 is 4.90 Å². The average Bonchev–Trinajstić information content (AvgIpc) is 2.47. The van der Waals surface area contributed by atoms with Gasteiger partial charge in [0.25, 0.3) is 0 Å². The Morgan fingerprint density at radius 2 is 1.95 bits per heavy atom. The number of rotatable bonds is 5. The molecular formula is C16H13FN2O2. The van der Waals surface area contributed by atoms with Crippen LogP contribution in [0.25, 0.3) is 0 Å². The van der Waals surface area contributed by atoms with E-state index in [0.29, 0.717) is 16.8 Å². The third-order valence-electron chi connectivity index (χ3n) is 3.00. The number of aliphatic carboxylic acids is 1. The number of anilines is 1. The van der Waals surface area contributed by atoms with E-state index < -0.39 is 11.8 Å². The van der Waals surface area contributed by atoms with E-state index >= 15 is 0 Å². The van der Waals surface area contributed by atoms with Gasteiger partial charge in [0.15, 0.2) is 0 Å². The molecule has 5 heteroatoms. The Hall–Kier alpha value is -2.87. The summed E-state index contributed by atoms with van der Waals surface area (Å²) in [6.45, 7) is -0.0810. The highest BCUT2D eigenvalue weighted by Gasteiger charge is 2.14. The summed E-state index contributed by atoms with van der Waals surface area (Å²) in [5.41, 5.74) is 1.50. The first-order valence-electron chi connectivity index (χ1n) is 6.30. The summed E-state index contributed by atoms with van der Waals surface area (Å²) in [5, 5.41) is 18.1. The van der Waals surface area contributed by atoms with Crippen molar-refractivity contribution in [3.05, 3.63) is 65.5 Å². The second kappa shape index (κ2) is 6.53. The smallest absolute Gasteiger partial charge is 0.323 e. The number of halogens is 1. The normalized spacial score (nSPS) is 9.90. The largest absolute Gasteiger partial charge is 0.480 e. The molecule has 0 unspecified atom stereocenters. The van der Waals surface area contributed by atoms with Crippen LogP contribution in [0.5, 0.6) is 0 Å². The molecule has 0 heterocycles. The van der Waals surface area contributed by atoms with Crippen molar-refractivity contribution in [3.8, 4) is 6.07 Å². The molecule has 0 aliphatic carbocycles. The monoisotopic (exact) mass is 284 g/mol. The Labute approximate surface area is 121 Å². The summed E-state index contributed by atoms with van der Waals surface area (Å²) in [6, 6.07) is 14.8. The van der Waals surface area contributed by atoms with E-state index in [-0.39, 0.29) is 13.1 Å². The summed E-state index contributed by atoms with van der Waals surface area (Å²) >= 11 is 0. The third-order valence-corrected chi connectivity index (χ3v) is 3.00. The molecule has 2 rings (SSSR count). The molecule has 0 aliphatic rings. The molecule has 0 aromatic heterocycles. The first-order valence-corrected chi connectivity index (χ1v) is 6.30. The van der Waals surface area contributed by atoms with E-state index in [0.717, 1.165) is 0 Å². The predicted molar refractivity (Wildman–Crippen MR) is 76.2 cm³/mol. The van der Waals surface area contributed by atoms with Crippen molar-refractivity contribution in [1.29, 1.82) is 5.26 Å². The lowest BCUT2D eigenvalue weighted by Gasteiger charge is -2.23. The number of carboxylic acid groups (broad SMARTS) is 1. The number of nitriles is 1. The molecule has 21 heavy (non-hydrogen) atoms. The van der Waals surface area contributed by atoms with Crippen LogP contribution in [-0.4, -0.2) is 17.6 Å². The highest BCUT2D eigenvalue weighted by molar-refractivity contribution is 5.73. The van der Waals surface area contributed by atoms with Crippen LogP contribution in [-0.2, 0) is 11.3 Å². The van der Waals surface area contributed by atoms with Crippen molar-refractivity contribution in [3.63, 3.8) is 0 Å². The third kappa shape index (κ3) is 3.80. The fourth-order valence-corrected chi connectivity index (χ4v) is 2.05. The van der Waals surface area contributed by atoms with Gasteiger partial charge in [0.2, 0.25) is 0 Å². The van der Waals surface area contributed by atoms with E-state index in [9.17, 15) is 9.18 Å². The van der Waals surface area contributed by atoms with Gasteiger partial charge in [-0.05, 0) is 35.9 Å². The Balaban J connectivity index is 2.34. The van der Waals surface area contributed by atoms with Gasteiger partial charge in [-0.15, -0.1) is 0 Å². The van der Waals surface area contributed by atoms with Crippen LogP contribution in [0.3, 0.4) is 0 Å². The highest BCUT2D eigenvalue weighted by Crippen LogP contribution is 2.19. The number of nitrogens with zero attached hydrogens (tertiary/aromatic N) is 2. The van der Waals surface area contributed by atoms with Crippen molar-refractivity contribution in [2.45, 2.75) is 6.54 Å². The van der Waals surface area contributed by atoms with Crippen molar-refractivity contribution >= 4 is 11.7 Å². The molecule has 1 N–H and O–H groups in total. The Bertz CT molecular complexity index is 680. The quantitative estimate of drug-likeness (QED) is 0.917. The molecule has 2 aromatic rings. The number of carboxylic acids is 1. The molecule has 0 bridgehead atoms. The summed E-state index contributed by atoms with van der Waals surface area (Å²) in [5.74, 6) is -1.44. The fourth-order valence-electron chi connectivity index (χ4n) is 2.05. The molecule has 0 atom stereocenters. The minimum atomic E-state index is -0.992. The SMILES string of the molecule is N#Cc1ccc(F)cc1CN(CC(=O)O)c1ccccc1. The fraction of sp³-hybridized carbons (Fsp3) is 0.125. The van der Waals surface area contributed by atoms with Gasteiger partial charge in [0.05, 0.1) is 11.6 Å². The molecule has 0 fully saturated rings. The maximum absolute atomic E-state index is 13.4. The Morgan fingerprint density at radius 1 is 1.24 bits per heavy atom. The standard InChI is InChI=1S/C16H13FN2O2/c17-14-7-6-12(9-18)13(8-14)10-19(11-16(20)21)15-4-2-1-3-5-15/h1-8H,10-11H2,(H,20,21). The van der Waals surface area contributed by atoms with Crippen molar-refractivity contribution in [2.75, 3.05) is 11.4 Å². The Kier molecular flexibility index (Phi) is 4.52. The second-order valence-electron chi connectivity index (χ2n) is 4.50. The molecule has 0 amide bonds. The molecule has 4 nitrogen and oxygen atoms in total. The molecule has 0 saturated carbocycles. The maximum Gasteiger partial charge on any atom is 0.323 e. The van der Waals surface area contributed by atoms with Crippen molar-refractivity contribution in [2.24, 2.45) is 0 Å². The zero-order chi connectivity index (χ0) is 15.2. The highest BCUT2D eigenvalue weighted by atomic mass is 19.1. The number of hydrogen-bond donors (Lipinski definition) is 1. The van der Waals surface area contributed by atoms with Gasteiger partial charge in [-0.25, -0.2) is 4.39 Å². The number of para-hydroxylation sites is 1. The van der Waals surface area contributed by atoms with Gasteiger partial charge in [0, 0.05) is 12.2 Å².